The van der Waals surface area contributed by atoms with Crippen molar-refractivity contribution in [2.45, 2.75) is 59.0 Å². The molecular formula is C11H25NO. The lowest BCUT2D eigenvalue weighted by molar-refractivity contribution is 0.210. The van der Waals surface area contributed by atoms with Gasteiger partial charge in [-0.3, -0.25) is 0 Å². The zero-order valence-corrected chi connectivity index (χ0v) is 9.51. The summed E-state index contributed by atoms with van der Waals surface area (Å²) in [5.41, 5.74) is 0. The SMILES string of the molecule is CCC(CC)NC(CO)CC(C)C. The minimum atomic E-state index is 0.259. The molecule has 0 aliphatic rings. The molecule has 0 heterocycles. The Morgan fingerprint density at radius 1 is 1.08 bits per heavy atom. The van der Waals surface area contributed by atoms with Gasteiger partial charge in [0, 0.05) is 12.1 Å². The van der Waals surface area contributed by atoms with Gasteiger partial charge < -0.3 is 10.4 Å². The molecule has 0 fully saturated rings. The van der Waals surface area contributed by atoms with Crippen molar-refractivity contribution in [3.63, 3.8) is 0 Å². The fourth-order valence-electron chi connectivity index (χ4n) is 1.62. The quantitative estimate of drug-likeness (QED) is 0.640. The second-order valence-electron chi connectivity index (χ2n) is 4.19. The molecule has 1 atom stereocenters. The van der Waals surface area contributed by atoms with Crippen molar-refractivity contribution in [3.05, 3.63) is 0 Å². The molecule has 0 aliphatic heterocycles. The topological polar surface area (TPSA) is 32.3 Å². The van der Waals surface area contributed by atoms with E-state index in [2.05, 4.69) is 33.0 Å². The molecule has 1 unspecified atom stereocenters. The van der Waals surface area contributed by atoms with Gasteiger partial charge in [-0.15, -0.1) is 0 Å². The van der Waals surface area contributed by atoms with Gasteiger partial charge in [0.2, 0.25) is 0 Å². The smallest absolute Gasteiger partial charge is 0.0584 e. The highest BCUT2D eigenvalue weighted by atomic mass is 16.3. The Morgan fingerprint density at radius 3 is 1.92 bits per heavy atom. The number of aliphatic hydroxyl groups excluding tert-OH is 1. The number of hydrogen-bond donors (Lipinski definition) is 2. The number of rotatable bonds is 7. The third-order valence-corrected chi connectivity index (χ3v) is 2.43. The molecule has 0 bridgehead atoms. The van der Waals surface area contributed by atoms with Crippen molar-refractivity contribution in [3.8, 4) is 0 Å². The van der Waals surface area contributed by atoms with Crippen LogP contribution in [0.1, 0.15) is 47.0 Å². The zero-order chi connectivity index (χ0) is 10.3. The van der Waals surface area contributed by atoms with Crippen LogP contribution in [0.15, 0.2) is 0 Å². The molecule has 0 aromatic carbocycles. The summed E-state index contributed by atoms with van der Waals surface area (Å²) in [6.07, 6.45) is 3.35. The summed E-state index contributed by atoms with van der Waals surface area (Å²) in [7, 11) is 0. The van der Waals surface area contributed by atoms with Crippen LogP contribution in [0.5, 0.6) is 0 Å². The van der Waals surface area contributed by atoms with Gasteiger partial charge in [0.05, 0.1) is 6.61 Å². The fraction of sp³-hybridized carbons (Fsp3) is 1.00. The summed E-state index contributed by atoms with van der Waals surface area (Å²) >= 11 is 0. The molecule has 13 heavy (non-hydrogen) atoms. The van der Waals surface area contributed by atoms with Crippen LogP contribution >= 0.6 is 0 Å². The van der Waals surface area contributed by atoms with Crippen LogP contribution in [0, 0.1) is 5.92 Å². The van der Waals surface area contributed by atoms with Gasteiger partial charge in [0.1, 0.15) is 0 Å². The van der Waals surface area contributed by atoms with Crippen LogP contribution in [0.25, 0.3) is 0 Å². The molecule has 80 valence electrons. The highest BCUT2D eigenvalue weighted by Crippen LogP contribution is 2.07. The zero-order valence-electron chi connectivity index (χ0n) is 9.51. The first-order chi connectivity index (χ1) is 6.13. The summed E-state index contributed by atoms with van der Waals surface area (Å²) in [5.74, 6) is 0.652. The molecule has 0 saturated carbocycles. The van der Waals surface area contributed by atoms with Gasteiger partial charge >= 0.3 is 0 Å². The van der Waals surface area contributed by atoms with Crippen LogP contribution in [-0.2, 0) is 0 Å². The van der Waals surface area contributed by atoms with Crippen LogP contribution in [-0.4, -0.2) is 23.8 Å². The summed E-state index contributed by atoms with van der Waals surface area (Å²) in [5, 5.41) is 12.6. The van der Waals surface area contributed by atoms with Crippen molar-refractivity contribution in [2.75, 3.05) is 6.61 Å². The van der Waals surface area contributed by atoms with E-state index in [1.807, 2.05) is 0 Å². The van der Waals surface area contributed by atoms with E-state index < -0.39 is 0 Å². The van der Waals surface area contributed by atoms with E-state index in [9.17, 15) is 0 Å². The standard InChI is InChI=1S/C11H25NO/c1-5-10(6-2)12-11(8-13)7-9(3)4/h9-13H,5-8H2,1-4H3. The third-order valence-electron chi connectivity index (χ3n) is 2.43. The molecule has 0 aromatic heterocycles. The van der Waals surface area contributed by atoms with E-state index >= 15 is 0 Å². The van der Waals surface area contributed by atoms with Gasteiger partial charge in [-0.05, 0) is 25.2 Å². The number of nitrogens with one attached hydrogen (secondary N) is 1. The molecule has 0 spiro atoms. The van der Waals surface area contributed by atoms with Crippen LogP contribution in [0.4, 0.5) is 0 Å². The highest BCUT2D eigenvalue weighted by molar-refractivity contribution is 4.72. The average Bonchev–Trinajstić information content (AvgIpc) is 2.11. The Labute approximate surface area is 82.7 Å². The monoisotopic (exact) mass is 187 g/mol. The molecule has 2 N–H and O–H groups in total. The Kier molecular flexibility index (Phi) is 7.29. The summed E-state index contributed by atoms with van der Waals surface area (Å²) in [6, 6.07) is 0.848. The summed E-state index contributed by atoms with van der Waals surface area (Å²) in [6.45, 7) is 9.01. The first-order valence-corrected chi connectivity index (χ1v) is 5.50. The van der Waals surface area contributed by atoms with Gasteiger partial charge in [0.25, 0.3) is 0 Å². The molecular weight excluding hydrogens is 162 g/mol. The lowest BCUT2D eigenvalue weighted by Gasteiger charge is -2.24. The maximum atomic E-state index is 9.15. The fourth-order valence-corrected chi connectivity index (χ4v) is 1.62. The predicted molar refractivity (Wildman–Crippen MR) is 57.8 cm³/mol. The second kappa shape index (κ2) is 7.34. The second-order valence-corrected chi connectivity index (χ2v) is 4.19. The van der Waals surface area contributed by atoms with E-state index in [-0.39, 0.29) is 12.6 Å². The van der Waals surface area contributed by atoms with E-state index in [0.717, 1.165) is 19.3 Å². The van der Waals surface area contributed by atoms with E-state index in [0.29, 0.717) is 12.0 Å². The van der Waals surface area contributed by atoms with Gasteiger partial charge in [0.15, 0.2) is 0 Å². The van der Waals surface area contributed by atoms with Crippen LogP contribution < -0.4 is 5.32 Å². The van der Waals surface area contributed by atoms with Gasteiger partial charge in [-0.25, -0.2) is 0 Å². The minimum absolute atomic E-state index is 0.259. The van der Waals surface area contributed by atoms with E-state index in [1.165, 1.54) is 0 Å². The third kappa shape index (κ3) is 6.05. The van der Waals surface area contributed by atoms with Gasteiger partial charge in [-0.1, -0.05) is 27.7 Å². The Morgan fingerprint density at radius 2 is 1.62 bits per heavy atom. The molecule has 0 rings (SSSR count). The summed E-state index contributed by atoms with van der Waals surface area (Å²) < 4.78 is 0. The minimum Gasteiger partial charge on any atom is -0.395 e. The normalized spacial score (nSPS) is 14.1. The van der Waals surface area contributed by atoms with E-state index in [4.69, 9.17) is 5.11 Å². The molecule has 0 aliphatic carbocycles. The van der Waals surface area contributed by atoms with Crippen molar-refractivity contribution < 1.29 is 5.11 Å². The summed E-state index contributed by atoms with van der Waals surface area (Å²) in [4.78, 5) is 0. The lowest BCUT2D eigenvalue weighted by Crippen LogP contribution is -2.40. The molecule has 0 radical (unpaired) electrons. The molecule has 0 saturated heterocycles. The maximum Gasteiger partial charge on any atom is 0.0584 e. The van der Waals surface area contributed by atoms with Crippen molar-refractivity contribution in [2.24, 2.45) is 5.92 Å². The molecule has 0 amide bonds. The average molecular weight is 187 g/mol. The predicted octanol–water partition coefficient (Wildman–Crippen LogP) is 2.17. The largest absolute Gasteiger partial charge is 0.395 e. The van der Waals surface area contributed by atoms with E-state index in [1.54, 1.807) is 0 Å². The molecule has 0 aromatic rings. The lowest BCUT2D eigenvalue weighted by atomic mass is 10.0. The van der Waals surface area contributed by atoms with Gasteiger partial charge in [-0.2, -0.15) is 0 Å². The highest BCUT2D eigenvalue weighted by Gasteiger charge is 2.12. The van der Waals surface area contributed by atoms with Crippen LogP contribution in [0.3, 0.4) is 0 Å². The van der Waals surface area contributed by atoms with Crippen LogP contribution in [0.2, 0.25) is 0 Å². The molecule has 2 heteroatoms. The van der Waals surface area contributed by atoms with Crippen molar-refractivity contribution in [1.82, 2.24) is 5.32 Å². The maximum absolute atomic E-state index is 9.15. The Bertz CT molecular complexity index is 111. The Hall–Kier alpha value is -0.0800. The van der Waals surface area contributed by atoms with Crippen molar-refractivity contribution in [1.29, 1.82) is 0 Å². The number of aliphatic hydroxyl groups is 1. The Balaban J connectivity index is 3.80. The number of hydrogen-bond acceptors (Lipinski definition) is 2. The van der Waals surface area contributed by atoms with Crippen molar-refractivity contribution >= 4 is 0 Å². The first-order valence-electron chi connectivity index (χ1n) is 5.50. The molecule has 2 nitrogen and oxygen atoms in total. The first kappa shape index (κ1) is 12.9.